The van der Waals surface area contributed by atoms with Crippen molar-refractivity contribution in [3.05, 3.63) is 44.5 Å². The molecule has 0 aliphatic heterocycles. The van der Waals surface area contributed by atoms with Crippen LogP contribution in [0.4, 0.5) is 22.0 Å². The largest absolute Gasteiger partial charge is 0.457 e. The molecule has 19 heavy (non-hydrogen) atoms. The fourth-order valence-electron chi connectivity index (χ4n) is 1.18. The third-order valence-electron chi connectivity index (χ3n) is 2.16. The summed E-state index contributed by atoms with van der Waals surface area (Å²) in [5, 5.41) is 9.81. The Morgan fingerprint density at radius 1 is 1.21 bits per heavy atom. The van der Waals surface area contributed by atoms with Gasteiger partial charge in [-0.25, -0.2) is 0 Å². The van der Waals surface area contributed by atoms with Crippen LogP contribution in [-0.4, -0.2) is 17.2 Å². The molecule has 1 aromatic carbocycles. The van der Waals surface area contributed by atoms with E-state index in [9.17, 15) is 27.1 Å². The average Bonchev–Trinajstić information content (AvgIpc) is 2.26. The van der Waals surface area contributed by atoms with Crippen molar-refractivity contribution in [1.29, 1.82) is 0 Å². The van der Waals surface area contributed by atoms with Gasteiger partial charge in [0.15, 0.2) is 0 Å². The third kappa shape index (κ3) is 4.03. The van der Waals surface area contributed by atoms with Gasteiger partial charge in [-0.3, -0.25) is 0 Å². The molecule has 1 rings (SSSR count). The molecule has 0 amide bonds. The molecular formula is C11H7ClF5IO. The number of aliphatic hydroxyl groups is 1. The maximum atomic E-state index is 12.8. The first-order valence-corrected chi connectivity index (χ1v) is 6.27. The molecule has 1 atom stereocenters. The summed E-state index contributed by atoms with van der Waals surface area (Å²) in [7, 11) is 0. The van der Waals surface area contributed by atoms with E-state index in [1.54, 1.807) is 6.07 Å². The summed E-state index contributed by atoms with van der Waals surface area (Å²) >= 11 is 6.95. The van der Waals surface area contributed by atoms with Crippen molar-refractivity contribution in [3.8, 4) is 0 Å². The molecule has 106 valence electrons. The van der Waals surface area contributed by atoms with E-state index in [1.165, 1.54) is 40.8 Å². The van der Waals surface area contributed by atoms with Crippen molar-refractivity contribution in [1.82, 2.24) is 0 Å². The minimum Gasteiger partial charge on any atom is -0.383 e. The molecule has 0 heterocycles. The molecular weight excluding hydrogens is 405 g/mol. The van der Waals surface area contributed by atoms with Gasteiger partial charge in [-0.05, 0) is 28.7 Å². The molecule has 0 aliphatic rings. The predicted octanol–water partition coefficient (Wildman–Crippen LogP) is 4.89. The smallest absolute Gasteiger partial charge is 0.383 e. The Morgan fingerprint density at radius 3 is 2.21 bits per heavy atom. The molecule has 8 heteroatoms. The van der Waals surface area contributed by atoms with Gasteiger partial charge in [0.2, 0.25) is 0 Å². The first-order valence-electron chi connectivity index (χ1n) is 4.81. The van der Waals surface area contributed by atoms with Crippen molar-refractivity contribution in [3.63, 3.8) is 0 Å². The quantitative estimate of drug-likeness (QED) is 0.554. The van der Waals surface area contributed by atoms with E-state index in [0.717, 1.165) is 0 Å². The molecule has 0 fully saturated rings. The number of hydrogen-bond donors (Lipinski definition) is 1. The Hall–Kier alpha value is -0.410. The van der Waals surface area contributed by atoms with Crippen LogP contribution in [0.15, 0.2) is 33.9 Å². The Morgan fingerprint density at radius 2 is 1.74 bits per heavy atom. The van der Waals surface area contributed by atoms with Gasteiger partial charge in [0.25, 0.3) is 0 Å². The van der Waals surface area contributed by atoms with E-state index >= 15 is 0 Å². The van der Waals surface area contributed by atoms with Crippen LogP contribution in [0.2, 0.25) is 5.02 Å². The fourth-order valence-corrected chi connectivity index (χ4v) is 2.15. The van der Waals surface area contributed by atoms with Gasteiger partial charge in [-0.15, -0.1) is 0 Å². The highest BCUT2D eigenvalue weighted by molar-refractivity contribution is 14.1. The molecule has 0 radical (unpaired) electrons. The van der Waals surface area contributed by atoms with Gasteiger partial charge < -0.3 is 5.11 Å². The molecule has 1 aromatic rings. The minimum atomic E-state index is -5.70. The predicted molar refractivity (Wildman–Crippen MR) is 69.5 cm³/mol. The number of halogens is 7. The molecule has 1 unspecified atom stereocenters. The summed E-state index contributed by atoms with van der Waals surface area (Å²) in [6.07, 6.45) is -7.66. The summed E-state index contributed by atoms with van der Waals surface area (Å²) in [5.74, 6) is -5.01. The van der Waals surface area contributed by atoms with Gasteiger partial charge in [-0.1, -0.05) is 29.8 Å². The van der Waals surface area contributed by atoms with Gasteiger partial charge in [0.05, 0.1) is 0 Å². The Bertz CT molecular complexity index is 486. The monoisotopic (exact) mass is 412 g/mol. The van der Waals surface area contributed by atoms with Crippen LogP contribution >= 0.6 is 34.2 Å². The van der Waals surface area contributed by atoms with Gasteiger partial charge >= 0.3 is 12.1 Å². The molecule has 1 nitrogen and oxygen atoms in total. The Balaban J connectivity index is 3.07. The number of allylic oxidation sites excluding steroid dienone is 1. The van der Waals surface area contributed by atoms with E-state index in [-0.39, 0.29) is 16.7 Å². The number of aliphatic hydroxyl groups excluding tert-OH is 1. The standard InChI is InChI=1S/C11H7ClF5IO/c12-7-4-2-1-3-6(7)9(19)8(18)5-10(13,14)11(15,16)17/h1-5,9,19H/b8-5+. The van der Waals surface area contributed by atoms with Crippen molar-refractivity contribution < 1.29 is 27.1 Å². The van der Waals surface area contributed by atoms with Crippen LogP contribution in [0.1, 0.15) is 11.7 Å². The number of hydrogen-bond acceptors (Lipinski definition) is 1. The van der Waals surface area contributed by atoms with Gasteiger partial charge in [0, 0.05) is 20.2 Å². The lowest BCUT2D eigenvalue weighted by Gasteiger charge is -2.18. The highest BCUT2D eigenvalue weighted by atomic mass is 127. The summed E-state index contributed by atoms with van der Waals surface area (Å²) in [6, 6.07) is 5.76. The van der Waals surface area contributed by atoms with Crippen LogP contribution < -0.4 is 0 Å². The fraction of sp³-hybridized carbons (Fsp3) is 0.273. The summed E-state index contributed by atoms with van der Waals surface area (Å²) < 4.78 is 61.2. The van der Waals surface area contributed by atoms with Crippen LogP contribution in [0.5, 0.6) is 0 Å². The van der Waals surface area contributed by atoms with Crippen LogP contribution in [0.25, 0.3) is 0 Å². The summed E-state index contributed by atoms with van der Waals surface area (Å²) in [4.78, 5) is 0. The zero-order valence-corrected chi connectivity index (χ0v) is 12.0. The molecule has 0 aromatic heterocycles. The van der Waals surface area contributed by atoms with Gasteiger partial charge in [-0.2, -0.15) is 22.0 Å². The van der Waals surface area contributed by atoms with Gasteiger partial charge in [0.1, 0.15) is 6.10 Å². The van der Waals surface area contributed by atoms with Crippen LogP contribution in [0.3, 0.4) is 0 Å². The zero-order valence-electron chi connectivity index (χ0n) is 9.06. The SMILES string of the molecule is OC(/C(I)=C\C(F)(F)C(F)(F)F)c1ccccc1Cl. The van der Waals surface area contributed by atoms with Crippen molar-refractivity contribution >= 4 is 34.2 Å². The topological polar surface area (TPSA) is 20.2 Å². The third-order valence-corrected chi connectivity index (χ3v) is 3.40. The zero-order chi connectivity index (χ0) is 14.8. The van der Waals surface area contributed by atoms with Crippen LogP contribution in [-0.2, 0) is 0 Å². The normalized spacial score (nSPS) is 15.5. The molecule has 0 bridgehead atoms. The molecule has 0 saturated heterocycles. The van der Waals surface area contributed by atoms with E-state index < -0.39 is 21.8 Å². The molecule has 0 aliphatic carbocycles. The average molecular weight is 413 g/mol. The first kappa shape index (κ1) is 16.6. The molecule has 0 spiro atoms. The second kappa shape index (κ2) is 5.92. The highest BCUT2D eigenvalue weighted by Gasteiger charge is 2.56. The van der Waals surface area contributed by atoms with E-state index in [0.29, 0.717) is 0 Å². The van der Waals surface area contributed by atoms with E-state index in [2.05, 4.69) is 0 Å². The number of alkyl halides is 5. The van der Waals surface area contributed by atoms with Crippen molar-refractivity contribution in [2.45, 2.75) is 18.2 Å². The lowest BCUT2D eigenvalue weighted by atomic mass is 10.1. The Labute approximate surface area is 124 Å². The van der Waals surface area contributed by atoms with Crippen molar-refractivity contribution in [2.24, 2.45) is 0 Å². The summed E-state index contributed by atoms with van der Waals surface area (Å²) in [6.45, 7) is 0. The highest BCUT2D eigenvalue weighted by Crippen LogP contribution is 2.40. The lowest BCUT2D eigenvalue weighted by molar-refractivity contribution is -0.259. The number of rotatable bonds is 3. The minimum absolute atomic E-state index is 0.0581. The van der Waals surface area contributed by atoms with E-state index in [1.807, 2.05) is 0 Å². The lowest BCUT2D eigenvalue weighted by Crippen LogP contribution is -2.34. The van der Waals surface area contributed by atoms with E-state index in [4.69, 9.17) is 11.6 Å². The Kier molecular flexibility index (Phi) is 5.19. The molecule has 0 saturated carbocycles. The van der Waals surface area contributed by atoms with Crippen molar-refractivity contribution in [2.75, 3.05) is 0 Å². The maximum Gasteiger partial charge on any atom is 0.457 e. The second-order valence-electron chi connectivity index (χ2n) is 3.57. The summed E-state index contributed by atoms with van der Waals surface area (Å²) in [5.41, 5.74) is 0.0581. The maximum absolute atomic E-state index is 12.8. The first-order chi connectivity index (χ1) is 8.56. The second-order valence-corrected chi connectivity index (χ2v) is 5.23. The molecule has 1 N–H and O–H groups in total. The van der Waals surface area contributed by atoms with Crippen LogP contribution in [0, 0.1) is 0 Å². The number of benzene rings is 1.